The first-order valence-electron chi connectivity index (χ1n) is 9.26. The van der Waals surface area contributed by atoms with Crippen molar-refractivity contribution in [3.8, 4) is 0 Å². The molecule has 0 aliphatic carbocycles. The summed E-state index contributed by atoms with van der Waals surface area (Å²) in [5.74, 6) is -0.184. The van der Waals surface area contributed by atoms with Crippen molar-refractivity contribution < 1.29 is 18.0 Å². The molecular formula is C20H19F3N6O. The molecule has 0 saturated carbocycles. The second-order valence-electron chi connectivity index (χ2n) is 7.17. The second-order valence-corrected chi connectivity index (χ2v) is 7.17. The number of alkyl halides is 3. The van der Waals surface area contributed by atoms with E-state index in [9.17, 15) is 18.0 Å². The summed E-state index contributed by atoms with van der Waals surface area (Å²) in [5.41, 5.74) is 3.57. The minimum atomic E-state index is -4.36. The van der Waals surface area contributed by atoms with E-state index in [-0.39, 0.29) is 18.9 Å². The molecule has 4 aromatic rings. The molecule has 156 valence electrons. The van der Waals surface area contributed by atoms with Gasteiger partial charge in [-0.15, -0.1) is 0 Å². The summed E-state index contributed by atoms with van der Waals surface area (Å²) in [6.07, 6.45) is -1.47. The van der Waals surface area contributed by atoms with E-state index in [4.69, 9.17) is 0 Å². The highest BCUT2D eigenvalue weighted by atomic mass is 19.4. The molecule has 0 radical (unpaired) electrons. The van der Waals surface area contributed by atoms with Gasteiger partial charge in [-0.3, -0.25) is 19.1 Å². The van der Waals surface area contributed by atoms with Gasteiger partial charge >= 0.3 is 6.18 Å². The predicted molar refractivity (Wildman–Crippen MR) is 105 cm³/mol. The number of rotatable bonds is 5. The highest BCUT2D eigenvalue weighted by Gasteiger charge is 2.29. The number of hydrogen-bond acceptors (Lipinski definition) is 4. The monoisotopic (exact) mass is 416 g/mol. The minimum Gasteiger partial charge on any atom is -0.350 e. The lowest BCUT2D eigenvalue weighted by molar-refractivity contribution is -0.141. The van der Waals surface area contributed by atoms with Gasteiger partial charge in [0.05, 0.1) is 42.1 Å². The molecule has 4 rings (SSSR count). The first kappa shape index (κ1) is 19.9. The molecule has 0 fully saturated rings. The summed E-state index contributed by atoms with van der Waals surface area (Å²) in [6.45, 7) is 0.983. The van der Waals surface area contributed by atoms with Gasteiger partial charge < -0.3 is 5.32 Å². The van der Waals surface area contributed by atoms with Gasteiger partial charge in [0.2, 0.25) is 5.91 Å². The minimum absolute atomic E-state index is 0.171. The van der Waals surface area contributed by atoms with Crippen LogP contribution in [-0.2, 0) is 31.4 Å². The van der Waals surface area contributed by atoms with Crippen LogP contribution in [0.5, 0.6) is 0 Å². The van der Waals surface area contributed by atoms with Crippen LogP contribution in [0.3, 0.4) is 0 Å². The molecule has 10 heteroatoms. The van der Waals surface area contributed by atoms with Crippen molar-refractivity contribution in [3.05, 3.63) is 53.6 Å². The van der Waals surface area contributed by atoms with Crippen molar-refractivity contribution in [2.45, 2.75) is 32.6 Å². The number of amides is 1. The van der Waals surface area contributed by atoms with Crippen molar-refractivity contribution in [3.63, 3.8) is 0 Å². The lowest BCUT2D eigenvalue weighted by Gasteiger charge is -2.08. The molecule has 0 bridgehead atoms. The van der Waals surface area contributed by atoms with Gasteiger partial charge in [-0.25, -0.2) is 0 Å². The zero-order valence-electron chi connectivity index (χ0n) is 16.4. The standard InChI is InChI=1S/C20H19F3N6O/c1-12-16-4-3-13(5-17(16)27-28(12)2)6-19(30)25-9-15-7-14-8-26-29(11-20(21,22)23)18(14)10-24-15/h3-5,7-8,10H,6,9,11H2,1-2H3,(H,25,30). The number of hydrogen-bond donors (Lipinski definition) is 1. The van der Waals surface area contributed by atoms with Crippen LogP contribution >= 0.6 is 0 Å². The lowest BCUT2D eigenvalue weighted by atomic mass is 10.1. The molecule has 0 aliphatic rings. The van der Waals surface area contributed by atoms with E-state index in [2.05, 4.69) is 20.5 Å². The van der Waals surface area contributed by atoms with E-state index in [0.717, 1.165) is 26.8 Å². The summed E-state index contributed by atoms with van der Waals surface area (Å²) in [6, 6.07) is 7.36. The predicted octanol–water partition coefficient (Wildman–Crippen LogP) is 3.05. The number of nitrogens with zero attached hydrogens (tertiary/aromatic N) is 5. The summed E-state index contributed by atoms with van der Waals surface area (Å²) in [7, 11) is 1.87. The molecule has 0 atom stereocenters. The highest BCUT2D eigenvalue weighted by Crippen LogP contribution is 2.21. The van der Waals surface area contributed by atoms with Gasteiger partial charge in [-0.2, -0.15) is 23.4 Å². The van der Waals surface area contributed by atoms with Crippen LogP contribution in [0.2, 0.25) is 0 Å². The molecule has 1 N–H and O–H groups in total. The Hall–Kier alpha value is -3.43. The van der Waals surface area contributed by atoms with Crippen LogP contribution in [0.25, 0.3) is 21.8 Å². The van der Waals surface area contributed by atoms with Gasteiger partial charge in [-0.05, 0) is 24.6 Å². The van der Waals surface area contributed by atoms with Gasteiger partial charge in [0, 0.05) is 23.5 Å². The van der Waals surface area contributed by atoms with Crippen LogP contribution in [0.15, 0.2) is 36.7 Å². The van der Waals surface area contributed by atoms with Gasteiger partial charge in [0.15, 0.2) is 0 Å². The van der Waals surface area contributed by atoms with Crippen LogP contribution in [0, 0.1) is 6.92 Å². The second kappa shape index (κ2) is 7.43. The zero-order chi connectivity index (χ0) is 21.5. The van der Waals surface area contributed by atoms with Gasteiger partial charge in [-0.1, -0.05) is 12.1 Å². The first-order valence-corrected chi connectivity index (χ1v) is 9.26. The number of halogens is 3. The van der Waals surface area contributed by atoms with Gasteiger partial charge in [0.25, 0.3) is 0 Å². The molecule has 0 spiro atoms. The van der Waals surface area contributed by atoms with Crippen molar-refractivity contribution in [2.75, 3.05) is 0 Å². The van der Waals surface area contributed by atoms with Crippen LogP contribution in [0.4, 0.5) is 13.2 Å². The quantitative estimate of drug-likeness (QED) is 0.543. The number of aromatic nitrogens is 5. The van der Waals surface area contributed by atoms with E-state index >= 15 is 0 Å². The molecule has 0 unspecified atom stereocenters. The number of fused-ring (bicyclic) bond motifs is 2. The van der Waals surface area contributed by atoms with E-state index in [1.54, 1.807) is 10.7 Å². The lowest BCUT2D eigenvalue weighted by Crippen LogP contribution is -2.25. The summed E-state index contributed by atoms with van der Waals surface area (Å²) >= 11 is 0. The van der Waals surface area contributed by atoms with E-state index < -0.39 is 12.7 Å². The molecular weight excluding hydrogens is 397 g/mol. The van der Waals surface area contributed by atoms with E-state index in [1.807, 2.05) is 32.2 Å². The van der Waals surface area contributed by atoms with Crippen molar-refractivity contribution in [1.82, 2.24) is 29.9 Å². The number of carbonyl (C=O) groups is 1. The Balaban J connectivity index is 1.40. The Bertz CT molecular complexity index is 1240. The Morgan fingerprint density at radius 1 is 1.20 bits per heavy atom. The molecule has 0 aliphatic heterocycles. The zero-order valence-corrected chi connectivity index (χ0v) is 16.4. The summed E-state index contributed by atoms with van der Waals surface area (Å²) in [5, 5.41) is 12.6. The smallest absolute Gasteiger partial charge is 0.350 e. The molecule has 7 nitrogen and oxygen atoms in total. The Morgan fingerprint density at radius 3 is 2.77 bits per heavy atom. The van der Waals surface area contributed by atoms with Crippen LogP contribution < -0.4 is 5.32 Å². The number of carbonyl (C=O) groups excluding carboxylic acids is 1. The number of pyridine rings is 1. The van der Waals surface area contributed by atoms with E-state index in [0.29, 0.717) is 16.6 Å². The van der Waals surface area contributed by atoms with Crippen molar-refractivity contribution >= 4 is 27.7 Å². The summed E-state index contributed by atoms with van der Waals surface area (Å²) in [4.78, 5) is 16.5. The molecule has 30 heavy (non-hydrogen) atoms. The van der Waals surface area contributed by atoms with Gasteiger partial charge in [0.1, 0.15) is 6.54 Å². The molecule has 1 aromatic carbocycles. The highest BCUT2D eigenvalue weighted by molar-refractivity contribution is 5.84. The third-order valence-corrected chi connectivity index (χ3v) is 4.94. The van der Waals surface area contributed by atoms with Crippen LogP contribution in [-0.4, -0.2) is 36.6 Å². The number of aryl methyl sites for hydroxylation is 2. The third kappa shape index (κ3) is 4.12. The maximum atomic E-state index is 12.6. The Kier molecular flexibility index (Phi) is 4.92. The largest absolute Gasteiger partial charge is 0.408 e. The molecule has 1 amide bonds. The van der Waals surface area contributed by atoms with Crippen molar-refractivity contribution in [2.24, 2.45) is 7.05 Å². The topological polar surface area (TPSA) is 77.6 Å². The Morgan fingerprint density at radius 2 is 2.00 bits per heavy atom. The average molecular weight is 416 g/mol. The number of nitrogens with one attached hydrogen (secondary N) is 1. The van der Waals surface area contributed by atoms with Crippen LogP contribution in [0.1, 0.15) is 17.0 Å². The van der Waals surface area contributed by atoms with E-state index in [1.165, 1.54) is 12.4 Å². The molecule has 3 heterocycles. The fourth-order valence-electron chi connectivity index (χ4n) is 3.34. The third-order valence-electron chi connectivity index (χ3n) is 4.94. The fraction of sp³-hybridized carbons (Fsp3) is 0.300. The first-order chi connectivity index (χ1) is 14.2. The SMILES string of the molecule is Cc1c2ccc(CC(=O)NCc3cc4cnn(CC(F)(F)F)c4cn3)cc2nn1C. The Labute approximate surface area is 169 Å². The maximum absolute atomic E-state index is 12.6. The number of benzene rings is 1. The summed E-state index contributed by atoms with van der Waals surface area (Å²) < 4.78 is 40.4. The van der Waals surface area contributed by atoms with Crippen molar-refractivity contribution in [1.29, 1.82) is 0 Å². The normalized spacial score (nSPS) is 12.0. The molecule has 0 saturated heterocycles. The maximum Gasteiger partial charge on any atom is 0.408 e. The molecule has 3 aromatic heterocycles. The fourth-order valence-corrected chi connectivity index (χ4v) is 3.34. The average Bonchev–Trinajstić information content (AvgIpc) is 3.19.